The van der Waals surface area contributed by atoms with Gasteiger partial charge in [0, 0.05) is 16.2 Å². The van der Waals surface area contributed by atoms with Gasteiger partial charge >= 0.3 is 0 Å². The second-order valence-electron chi connectivity index (χ2n) is 4.99. The number of aryl methyl sites for hydroxylation is 1. The molecule has 17 heavy (non-hydrogen) atoms. The van der Waals surface area contributed by atoms with Gasteiger partial charge < -0.3 is 9.73 Å². The Labute approximate surface area is 109 Å². The molecule has 0 spiro atoms. The lowest BCUT2D eigenvalue weighted by atomic mass is 10.1. The van der Waals surface area contributed by atoms with E-state index in [9.17, 15) is 0 Å². The third kappa shape index (κ3) is 3.08. The summed E-state index contributed by atoms with van der Waals surface area (Å²) in [5, 5.41) is 4.41. The van der Waals surface area contributed by atoms with Gasteiger partial charge in [0.25, 0.3) is 0 Å². The molecule has 0 amide bonds. The van der Waals surface area contributed by atoms with Crippen LogP contribution in [0, 0.1) is 12.8 Å². The maximum absolute atomic E-state index is 5.37. The molecule has 0 radical (unpaired) electrons. The molecule has 0 aliphatic heterocycles. The number of nitrogens with one attached hydrogen (secondary N) is 1. The van der Waals surface area contributed by atoms with Crippen LogP contribution in [0.3, 0.4) is 0 Å². The monoisotopic (exact) mass is 253 g/mol. The van der Waals surface area contributed by atoms with Crippen LogP contribution in [0.15, 0.2) is 21.6 Å². The summed E-state index contributed by atoms with van der Waals surface area (Å²) in [7, 11) is 0. The summed E-state index contributed by atoms with van der Waals surface area (Å²) in [4.78, 5) is 1.32. The first kappa shape index (κ1) is 13.0. The maximum Gasteiger partial charge on any atom is 0.114 e. The Balaban J connectivity index is 1.89. The van der Waals surface area contributed by atoms with E-state index < -0.39 is 0 Å². The molecule has 0 bridgehead atoms. The Kier molecular flexibility index (Phi) is 4.57. The molecule has 1 N–H and O–H groups in total. The van der Waals surface area contributed by atoms with Crippen LogP contribution >= 0.6 is 11.8 Å². The van der Waals surface area contributed by atoms with Crippen molar-refractivity contribution in [2.45, 2.75) is 56.2 Å². The highest BCUT2D eigenvalue weighted by molar-refractivity contribution is 8.00. The normalized spacial score (nSPS) is 28.8. The molecule has 1 aromatic rings. The molecule has 1 aliphatic carbocycles. The molecule has 2 nitrogen and oxygen atoms in total. The number of rotatable bonds is 5. The van der Waals surface area contributed by atoms with Crippen LogP contribution in [-0.4, -0.2) is 17.8 Å². The SMILES string of the molecule is CCCNC1CCC(Sc2ccoc2C)C1C. The van der Waals surface area contributed by atoms with Gasteiger partial charge in [0.2, 0.25) is 0 Å². The highest BCUT2D eigenvalue weighted by Gasteiger charge is 2.33. The highest BCUT2D eigenvalue weighted by atomic mass is 32.2. The summed E-state index contributed by atoms with van der Waals surface area (Å²) in [5.41, 5.74) is 0. The van der Waals surface area contributed by atoms with Gasteiger partial charge in [0.05, 0.1) is 6.26 Å². The third-order valence-corrected chi connectivity index (χ3v) is 5.37. The lowest BCUT2D eigenvalue weighted by Gasteiger charge is -2.21. The Hall–Kier alpha value is -0.410. The van der Waals surface area contributed by atoms with Gasteiger partial charge in [0.15, 0.2) is 0 Å². The molecule has 3 heteroatoms. The molecule has 0 saturated heterocycles. The van der Waals surface area contributed by atoms with Crippen LogP contribution in [-0.2, 0) is 0 Å². The molecular weight excluding hydrogens is 230 g/mol. The molecule has 1 aromatic heterocycles. The minimum absolute atomic E-state index is 0.708. The zero-order chi connectivity index (χ0) is 12.3. The van der Waals surface area contributed by atoms with Crippen molar-refractivity contribution in [3.8, 4) is 0 Å². The fourth-order valence-corrected chi connectivity index (χ4v) is 3.90. The molecule has 2 rings (SSSR count). The first-order chi connectivity index (χ1) is 8.22. The van der Waals surface area contributed by atoms with E-state index in [0.29, 0.717) is 6.04 Å². The summed E-state index contributed by atoms with van der Waals surface area (Å²) >= 11 is 2.00. The van der Waals surface area contributed by atoms with Crippen molar-refractivity contribution in [3.63, 3.8) is 0 Å². The van der Waals surface area contributed by atoms with Crippen LogP contribution in [0.5, 0.6) is 0 Å². The smallest absolute Gasteiger partial charge is 0.114 e. The Morgan fingerprint density at radius 2 is 2.29 bits per heavy atom. The van der Waals surface area contributed by atoms with Crippen molar-refractivity contribution in [1.29, 1.82) is 0 Å². The van der Waals surface area contributed by atoms with Gasteiger partial charge in [-0.2, -0.15) is 0 Å². The van der Waals surface area contributed by atoms with E-state index in [1.165, 1.54) is 24.2 Å². The Morgan fingerprint density at radius 1 is 1.47 bits per heavy atom. The first-order valence-corrected chi connectivity index (χ1v) is 7.54. The van der Waals surface area contributed by atoms with Crippen molar-refractivity contribution in [1.82, 2.24) is 5.32 Å². The van der Waals surface area contributed by atoms with Crippen LogP contribution in [0.25, 0.3) is 0 Å². The van der Waals surface area contributed by atoms with Crippen LogP contribution in [0.2, 0.25) is 0 Å². The largest absolute Gasteiger partial charge is 0.468 e. The number of furan rings is 1. The van der Waals surface area contributed by atoms with Gasteiger partial charge in [-0.25, -0.2) is 0 Å². The summed E-state index contributed by atoms with van der Waals surface area (Å²) in [6, 6.07) is 2.80. The second-order valence-corrected chi connectivity index (χ2v) is 6.28. The summed E-state index contributed by atoms with van der Waals surface area (Å²) in [5.74, 6) is 1.81. The van der Waals surface area contributed by atoms with E-state index in [-0.39, 0.29) is 0 Å². The van der Waals surface area contributed by atoms with Crippen LogP contribution in [0.4, 0.5) is 0 Å². The molecule has 3 atom stereocenters. The van der Waals surface area contributed by atoms with Crippen LogP contribution < -0.4 is 5.32 Å². The third-order valence-electron chi connectivity index (χ3n) is 3.73. The molecular formula is C14H23NOS. The van der Waals surface area contributed by atoms with E-state index in [4.69, 9.17) is 4.42 Å². The maximum atomic E-state index is 5.37. The minimum atomic E-state index is 0.708. The molecule has 1 heterocycles. The highest BCUT2D eigenvalue weighted by Crippen LogP contribution is 2.40. The summed E-state index contributed by atoms with van der Waals surface area (Å²) in [6.07, 6.45) is 5.65. The number of hydrogen-bond acceptors (Lipinski definition) is 3. The van der Waals surface area contributed by atoms with E-state index >= 15 is 0 Å². The lowest BCUT2D eigenvalue weighted by Crippen LogP contribution is -2.33. The molecule has 3 unspecified atom stereocenters. The van der Waals surface area contributed by atoms with Gasteiger partial charge in [-0.3, -0.25) is 0 Å². The first-order valence-electron chi connectivity index (χ1n) is 6.66. The van der Waals surface area contributed by atoms with E-state index in [2.05, 4.69) is 32.2 Å². The topological polar surface area (TPSA) is 25.2 Å². The standard InChI is InChI=1S/C14H23NOS/c1-4-8-15-12-5-6-13(10(12)2)17-14-7-9-16-11(14)3/h7,9-10,12-13,15H,4-6,8H2,1-3H3. The predicted octanol–water partition coefficient (Wildman–Crippen LogP) is 3.85. The van der Waals surface area contributed by atoms with E-state index in [1.54, 1.807) is 6.26 Å². The van der Waals surface area contributed by atoms with Crippen molar-refractivity contribution >= 4 is 11.8 Å². The minimum Gasteiger partial charge on any atom is -0.468 e. The average molecular weight is 253 g/mol. The second kappa shape index (κ2) is 5.96. The molecule has 0 aromatic carbocycles. The lowest BCUT2D eigenvalue weighted by molar-refractivity contribution is 0.431. The number of thioether (sulfide) groups is 1. The Morgan fingerprint density at radius 3 is 2.94 bits per heavy atom. The quantitative estimate of drug-likeness (QED) is 0.863. The molecule has 1 fully saturated rings. The van der Waals surface area contributed by atoms with Crippen LogP contribution in [0.1, 0.15) is 38.9 Å². The summed E-state index contributed by atoms with van der Waals surface area (Å²) in [6.45, 7) is 7.81. The predicted molar refractivity (Wildman–Crippen MR) is 73.6 cm³/mol. The molecule has 1 saturated carbocycles. The summed E-state index contributed by atoms with van der Waals surface area (Å²) < 4.78 is 5.37. The molecule has 96 valence electrons. The van der Waals surface area contributed by atoms with Gasteiger partial charge in [-0.15, -0.1) is 11.8 Å². The number of hydrogen-bond donors (Lipinski definition) is 1. The van der Waals surface area contributed by atoms with Crippen molar-refractivity contribution in [3.05, 3.63) is 18.1 Å². The van der Waals surface area contributed by atoms with Crippen molar-refractivity contribution < 1.29 is 4.42 Å². The zero-order valence-electron chi connectivity index (χ0n) is 11.0. The van der Waals surface area contributed by atoms with Crippen molar-refractivity contribution in [2.75, 3.05) is 6.54 Å². The average Bonchev–Trinajstić information content (AvgIpc) is 2.86. The van der Waals surface area contributed by atoms with E-state index in [0.717, 1.165) is 23.5 Å². The fourth-order valence-electron chi connectivity index (χ4n) is 2.57. The van der Waals surface area contributed by atoms with Crippen molar-refractivity contribution in [2.24, 2.45) is 5.92 Å². The Bertz CT molecular complexity index is 350. The zero-order valence-corrected chi connectivity index (χ0v) is 11.8. The van der Waals surface area contributed by atoms with Gasteiger partial charge in [0.1, 0.15) is 5.76 Å². The fraction of sp³-hybridized carbons (Fsp3) is 0.714. The van der Waals surface area contributed by atoms with Gasteiger partial charge in [-0.05, 0) is 44.7 Å². The van der Waals surface area contributed by atoms with Gasteiger partial charge in [-0.1, -0.05) is 13.8 Å². The van der Waals surface area contributed by atoms with E-state index in [1.807, 2.05) is 11.8 Å². The molecule has 1 aliphatic rings.